The van der Waals surface area contributed by atoms with Crippen LogP contribution in [0.4, 0.5) is 0 Å². The summed E-state index contributed by atoms with van der Waals surface area (Å²) >= 11 is 0. The van der Waals surface area contributed by atoms with E-state index in [4.69, 9.17) is 0 Å². The molecule has 1 heteroatoms. The molecule has 0 aliphatic rings. The van der Waals surface area contributed by atoms with E-state index in [2.05, 4.69) is 26.8 Å². The number of allylic oxidation sites excluding steroid dienone is 4. The van der Waals surface area contributed by atoms with E-state index in [9.17, 15) is 4.79 Å². The molecule has 1 nitrogen and oxygen atoms in total. The van der Waals surface area contributed by atoms with E-state index in [-0.39, 0.29) is 5.78 Å². The van der Waals surface area contributed by atoms with E-state index >= 15 is 0 Å². The van der Waals surface area contributed by atoms with Crippen LogP contribution in [-0.2, 0) is 4.79 Å². The first-order valence-corrected chi connectivity index (χ1v) is 5.89. The fourth-order valence-corrected chi connectivity index (χ4v) is 1.36. The lowest BCUT2D eigenvalue weighted by atomic mass is 10.1. The van der Waals surface area contributed by atoms with Crippen LogP contribution in [0.3, 0.4) is 0 Å². The molecule has 86 valence electrons. The average Bonchev–Trinajstić information content (AvgIpc) is 2.14. The van der Waals surface area contributed by atoms with Gasteiger partial charge in [0, 0.05) is 6.42 Å². The van der Waals surface area contributed by atoms with Crippen LogP contribution < -0.4 is 0 Å². The maximum absolute atomic E-state index is 11.4. The molecule has 0 aliphatic heterocycles. The minimum Gasteiger partial charge on any atom is -0.295 e. The van der Waals surface area contributed by atoms with Gasteiger partial charge in [-0.15, -0.1) is 0 Å². The van der Waals surface area contributed by atoms with E-state index in [1.807, 2.05) is 13.0 Å². The topological polar surface area (TPSA) is 17.1 Å². The molecule has 0 aromatic rings. The summed E-state index contributed by atoms with van der Waals surface area (Å²) in [5.74, 6) is 0.284. The average molecular weight is 208 g/mol. The fourth-order valence-electron chi connectivity index (χ4n) is 1.36. The molecule has 0 aromatic heterocycles. The van der Waals surface area contributed by atoms with Gasteiger partial charge in [-0.05, 0) is 46.1 Å². The maximum Gasteiger partial charge on any atom is 0.155 e. The zero-order chi connectivity index (χ0) is 11.7. The molecule has 0 aromatic carbocycles. The van der Waals surface area contributed by atoms with E-state index < -0.39 is 0 Å². The second-order valence-corrected chi connectivity index (χ2v) is 4.38. The first-order valence-electron chi connectivity index (χ1n) is 5.89. The van der Waals surface area contributed by atoms with Crippen molar-refractivity contribution in [2.24, 2.45) is 0 Å². The number of hydrogen-bond donors (Lipinski definition) is 0. The number of unbranched alkanes of at least 4 members (excludes halogenated alkanes) is 1. The molecule has 0 rings (SSSR count). The van der Waals surface area contributed by atoms with Gasteiger partial charge < -0.3 is 0 Å². The summed E-state index contributed by atoms with van der Waals surface area (Å²) in [4.78, 5) is 11.4. The first-order chi connectivity index (χ1) is 7.06. The lowest BCUT2D eigenvalue weighted by Gasteiger charge is -1.99. The summed E-state index contributed by atoms with van der Waals surface area (Å²) in [6.07, 6.45) is 8.89. The first kappa shape index (κ1) is 14.2. The molecule has 15 heavy (non-hydrogen) atoms. The highest BCUT2D eigenvalue weighted by molar-refractivity contribution is 5.90. The molecular weight excluding hydrogens is 184 g/mol. The summed E-state index contributed by atoms with van der Waals surface area (Å²) in [7, 11) is 0. The van der Waals surface area contributed by atoms with E-state index in [0.717, 1.165) is 25.7 Å². The van der Waals surface area contributed by atoms with Crippen LogP contribution in [0.5, 0.6) is 0 Å². The Morgan fingerprint density at radius 1 is 1.13 bits per heavy atom. The maximum atomic E-state index is 11.4. The quantitative estimate of drug-likeness (QED) is 0.446. The predicted molar refractivity (Wildman–Crippen MR) is 67.0 cm³/mol. The lowest BCUT2D eigenvalue weighted by molar-refractivity contribution is -0.114. The van der Waals surface area contributed by atoms with Gasteiger partial charge in [0.2, 0.25) is 0 Å². The molecule has 0 saturated heterocycles. The van der Waals surface area contributed by atoms with Crippen molar-refractivity contribution in [3.8, 4) is 0 Å². The van der Waals surface area contributed by atoms with Crippen LogP contribution in [0.1, 0.15) is 59.8 Å². The SMILES string of the molecule is CCCCC(=O)C=C(C)CCC=C(C)C. The Kier molecular flexibility index (Phi) is 7.98. The van der Waals surface area contributed by atoms with Crippen molar-refractivity contribution in [2.45, 2.75) is 59.8 Å². The van der Waals surface area contributed by atoms with Crippen LogP contribution >= 0.6 is 0 Å². The molecule has 0 heterocycles. The molecule has 0 atom stereocenters. The Labute approximate surface area is 94.3 Å². The monoisotopic (exact) mass is 208 g/mol. The van der Waals surface area contributed by atoms with E-state index in [1.54, 1.807) is 0 Å². The van der Waals surface area contributed by atoms with E-state index in [0.29, 0.717) is 6.42 Å². The van der Waals surface area contributed by atoms with Gasteiger partial charge in [0.05, 0.1) is 0 Å². The van der Waals surface area contributed by atoms with Gasteiger partial charge in [-0.25, -0.2) is 0 Å². The Bertz CT molecular complexity index is 242. The molecule has 0 unspecified atom stereocenters. The Hall–Kier alpha value is -0.850. The van der Waals surface area contributed by atoms with Crippen LogP contribution in [0.15, 0.2) is 23.3 Å². The van der Waals surface area contributed by atoms with Gasteiger partial charge in [0.15, 0.2) is 5.78 Å². The van der Waals surface area contributed by atoms with Gasteiger partial charge in [-0.1, -0.05) is 30.6 Å². The number of carbonyl (C=O) groups excluding carboxylic acids is 1. The lowest BCUT2D eigenvalue weighted by Crippen LogP contribution is -1.93. The third-order valence-electron chi connectivity index (χ3n) is 2.28. The molecule has 0 fully saturated rings. The standard InChI is InChI=1S/C14H24O/c1-5-6-10-14(15)11-13(4)9-7-8-12(2)3/h8,11H,5-7,9-10H2,1-4H3. The number of rotatable bonds is 7. The van der Waals surface area contributed by atoms with Crippen molar-refractivity contribution in [3.05, 3.63) is 23.3 Å². The molecule has 0 bridgehead atoms. The second-order valence-electron chi connectivity index (χ2n) is 4.38. The van der Waals surface area contributed by atoms with Gasteiger partial charge in [-0.2, -0.15) is 0 Å². The third kappa shape index (κ3) is 9.45. The van der Waals surface area contributed by atoms with Gasteiger partial charge in [0.25, 0.3) is 0 Å². The van der Waals surface area contributed by atoms with Crippen molar-refractivity contribution in [2.75, 3.05) is 0 Å². The highest BCUT2D eigenvalue weighted by Gasteiger charge is 1.97. The van der Waals surface area contributed by atoms with Crippen LogP contribution in [0, 0.1) is 0 Å². The second kappa shape index (κ2) is 8.46. The molecule has 0 spiro atoms. The molecule has 0 amide bonds. The minimum atomic E-state index is 0.284. The van der Waals surface area contributed by atoms with Crippen LogP contribution in [-0.4, -0.2) is 5.78 Å². The van der Waals surface area contributed by atoms with Crippen LogP contribution in [0.2, 0.25) is 0 Å². The van der Waals surface area contributed by atoms with E-state index in [1.165, 1.54) is 11.1 Å². The summed E-state index contributed by atoms with van der Waals surface area (Å²) in [5.41, 5.74) is 2.55. The fraction of sp³-hybridized carbons (Fsp3) is 0.643. The minimum absolute atomic E-state index is 0.284. The highest BCUT2D eigenvalue weighted by Crippen LogP contribution is 2.08. The number of hydrogen-bond acceptors (Lipinski definition) is 1. The van der Waals surface area contributed by atoms with Gasteiger partial charge in [0.1, 0.15) is 0 Å². The van der Waals surface area contributed by atoms with Crippen molar-refractivity contribution >= 4 is 5.78 Å². The van der Waals surface area contributed by atoms with Crippen molar-refractivity contribution in [3.63, 3.8) is 0 Å². The van der Waals surface area contributed by atoms with Crippen LogP contribution in [0.25, 0.3) is 0 Å². The normalized spacial score (nSPS) is 11.3. The summed E-state index contributed by atoms with van der Waals surface area (Å²) < 4.78 is 0. The van der Waals surface area contributed by atoms with Crippen molar-refractivity contribution in [1.82, 2.24) is 0 Å². The molecule has 0 radical (unpaired) electrons. The highest BCUT2D eigenvalue weighted by atomic mass is 16.1. The molecular formula is C14H24O. The Morgan fingerprint density at radius 3 is 2.33 bits per heavy atom. The number of ketones is 1. The summed E-state index contributed by atoms with van der Waals surface area (Å²) in [6.45, 7) is 8.36. The smallest absolute Gasteiger partial charge is 0.155 e. The number of carbonyl (C=O) groups is 1. The third-order valence-corrected chi connectivity index (χ3v) is 2.28. The Morgan fingerprint density at radius 2 is 1.80 bits per heavy atom. The molecule has 0 N–H and O–H groups in total. The summed E-state index contributed by atoms with van der Waals surface area (Å²) in [5, 5.41) is 0. The predicted octanol–water partition coefficient (Wildman–Crippen LogP) is 4.44. The zero-order valence-corrected chi connectivity index (χ0v) is 10.6. The van der Waals surface area contributed by atoms with Gasteiger partial charge >= 0.3 is 0 Å². The largest absolute Gasteiger partial charge is 0.295 e. The summed E-state index contributed by atoms with van der Waals surface area (Å²) in [6, 6.07) is 0. The molecule has 0 aliphatic carbocycles. The van der Waals surface area contributed by atoms with Gasteiger partial charge in [-0.3, -0.25) is 4.79 Å². The zero-order valence-electron chi connectivity index (χ0n) is 10.6. The molecule has 0 saturated carbocycles. The van der Waals surface area contributed by atoms with Crippen molar-refractivity contribution < 1.29 is 4.79 Å². The Balaban J connectivity index is 3.87. The van der Waals surface area contributed by atoms with Crippen molar-refractivity contribution in [1.29, 1.82) is 0 Å².